The molecule has 0 saturated carbocycles. The van der Waals surface area contributed by atoms with Crippen LogP contribution in [0.25, 0.3) is 0 Å². The van der Waals surface area contributed by atoms with Crippen molar-refractivity contribution in [2.24, 2.45) is 0 Å². The van der Waals surface area contributed by atoms with Crippen molar-refractivity contribution in [3.8, 4) is 11.5 Å². The summed E-state index contributed by atoms with van der Waals surface area (Å²) in [6, 6.07) is 4.80. The number of anilines is 1. The van der Waals surface area contributed by atoms with Crippen LogP contribution < -0.4 is 14.8 Å². The van der Waals surface area contributed by atoms with Crippen LogP contribution >= 0.6 is 22.9 Å². The third kappa shape index (κ3) is 4.64. The van der Waals surface area contributed by atoms with E-state index in [1.807, 2.05) is 13.8 Å². The Morgan fingerprint density at radius 3 is 2.36 bits per heavy atom. The SMILES string of the molecule is COc1cc(OC)c(NC(=O)COC(=O)c2cc(C)sc2C)cc1Cl. The number of esters is 1. The smallest absolute Gasteiger partial charge is 0.339 e. The molecular formula is C17H18ClNO5S. The van der Waals surface area contributed by atoms with Gasteiger partial charge in [-0.05, 0) is 26.0 Å². The molecule has 0 atom stereocenters. The summed E-state index contributed by atoms with van der Waals surface area (Å²) < 4.78 is 15.4. The Labute approximate surface area is 154 Å². The van der Waals surface area contributed by atoms with E-state index in [0.717, 1.165) is 9.75 Å². The zero-order chi connectivity index (χ0) is 18.6. The summed E-state index contributed by atoms with van der Waals surface area (Å²) in [5, 5.41) is 2.92. The highest BCUT2D eigenvalue weighted by Gasteiger charge is 2.17. The minimum atomic E-state index is -0.531. The molecule has 25 heavy (non-hydrogen) atoms. The van der Waals surface area contributed by atoms with Crippen LogP contribution in [0, 0.1) is 13.8 Å². The number of hydrogen-bond donors (Lipinski definition) is 1. The molecule has 1 N–H and O–H groups in total. The number of benzene rings is 1. The number of nitrogens with one attached hydrogen (secondary N) is 1. The molecule has 0 aliphatic carbocycles. The molecule has 0 aliphatic rings. The van der Waals surface area contributed by atoms with Crippen molar-refractivity contribution in [1.29, 1.82) is 0 Å². The van der Waals surface area contributed by atoms with Crippen LogP contribution in [0.2, 0.25) is 5.02 Å². The number of amides is 1. The molecule has 1 heterocycles. The van der Waals surface area contributed by atoms with Crippen LogP contribution in [0.3, 0.4) is 0 Å². The van der Waals surface area contributed by atoms with Crippen LogP contribution in [0.1, 0.15) is 20.1 Å². The first-order valence-electron chi connectivity index (χ1n) is 7.31. The highest BCUT2D eigenvalue weighted by Crippen LogP contribution is 2.35. The molecule has 0 spiro atoms. The number of hydrogen-bond acceptors (Lipinski definition) is 6. The molecule has 0 aliphatic heterocycles. The first-order chi connectivity index (χ1) is 11.8. The van der Waals surface area contributed by atoms with Crippen molar-refractivity contribution < 1.29 is 23.8 Å². The van der Waals surface area contributed by atoms with Crippen LogP contribution in [-0.2, 0) is 9.53 Å². The van der Waals surface area contributed by atoms with Gasteiger partial charge in [-0.1, -0.05) is 11.6 Å². The van der Waals surface area contributed by atoms with Crippen LogP contribution in [0.5, 0.6) is 11.5 Å². The molecule has 1 aromatic carbocycles. The molecule has 2 aromatic rings. The molecule has 6 nitrogen and oxygen atoms in total. The Morgan fingerprint density at radius 2 is 1.80 bits per heavy atom. The van der Waals surface area contributed by atoms with Gasteiger partial charge in [0.1, 0.15) is 11.5 Å². The van der Waals surface area contributed by atoms with Crippen molar-refractivity contribution in [3.63, 3.8) is 0 Å². The van der Waals surface area contributed by atoms with E-state index in [4.69, 9.17) is 25.8 Å². The second-order valence-corrected chi connectivity index (χ2v) is 7.01. The first kappa shape index (κ1) is 19.1. The molecule has 8 heteroatoms. The standard InChI is InChI=1S/C17H18ClNO5S/c1-9-5-11(10(2)25-9)17(21)24-8-16(20)19-13-6-12(18)14(22-3)7-15(13)23-4/h5-7H,8H2,1-4H3,(H,19,20). The molecule has 0 fully saturated rings. The minimum Gasteiger partial charge on any atom is -0.495 e. The van der Waals surface area contributed by atoms with Gasteiger partial charge in [-0.2, -0.15) is 0 Å². The summed E-state index contributed by atoms with van der Waals surface area (Å²) in [5.41, 5.74) is 0.831. The minimum absolute atomic E-state index is 0.319. The highest BCUT2D eigenvalue weighted by molar-refractivity contribution is 7.12. The van der Waals surface area contributed by atoms with Gasteiger partial charge in [-0.15, -0.1) is 11.3 Å². The second-order valence-electron chi connectivity index (χ2n) is 5.14. The highest BCUT2D eigenvalue weighted by atomic mass is 35.5. The number of aryl methyl sites for hydroxylation is 2. The lowest BCUT2D eigenvalue weighted by Gasteiger charge is -2.13. The van der Waals surface area contributed by atoms with Crippen molar-refractivity contribution in [3.05, 3.63) is 38.5 Å². The number of carbonyl (C=O) groups is 2. The fourth-order valence-electron chi connectivity index (χ4n) is 2.19. The van der Waals surface area contributed by atoms with Crippen LogP contribution in [0.15, 0.2) is 18.2 Å². The Kier molecular flexibility index (Phi) is 6.27. The molecule has 0 saturated heterocycles. The topological polar surface area (TPSA) is 73.9 Å². The summed E-state index contributed by atoms with van der Waals surface area (Å²) in [6.45, 7) is 3.32. The molecule has 1 amide bonds. The Bertz CT molecular complexity index is 803. The number of rotatable bonds is 6. The van der Waals surface area contributed by atoms with E-state index >= 15 is 0 Å². The normalized spacial score (nSPS) is 10.3. The van der Waals surface area contributed by atoms with E-state index in [-0.39, 0.29) is 0 Å². The Hall–Kier alpha value is -2.25. The summed E-state index contributed by atoms with van der Waals surface area (Å²) in [5.74, 6) is -0.231. The summed E-state index contributed by atoms with van der Waals surface area (Å²) in [7, 11) is 2.94. The van der Waals surface area contributed by atoms with Crippen LogP contribution in [0.4, 0.5) is 5.69 Å². The van der Waals surface area contributed by atoms with E-state index in [1.165, 1.54) is 31.6 Å². The molecule has 0 bridgehead atoms. The fraction of sp³-hybridized carbons (Fsp3) is 0.294. The summed E-state index contributed by atoms with van der Waals surface area (Å²) in [6.07, 6.45) is 0. The predicted octanol–water partition coefficient (Wildman–Crippen LogP) is 3.83. The van der Waals surface area contributed by atoms with Crippen LogP contribution in [-0.4, -0.2) is 32.7 Å². The van der Waals surface area contributed by atoms with E-state index in [0.29, 0.717) is 27.8 Å². The first-order valence-corrected chi connectivity index (χ1v) is 8.50. The molecule has 2 rings (SSSR count). The van der Waals surface area contributed by atoms with Gasteiger partial charge in [-0.3, -0.25) is 4.79 Å². The second kappa shape index (κ2) is 8.22. The third-order valence-corrected chi connectivity index (χ3v) is 4.60. The number of methoxy groups -OCH3 is 2. The number of ether oxygens (including phenoxy) is 3. The largest absolute Gasteiger partial charge is 0.495 e. The number of halogens is 1. The van der Waals surface area contributed by atoms with Gasteiger partial charge >= 0.3 is 5.97 Å². The van der Waals surface area contributed by atoms with Gasteiger partial charge < -0.3 is 19.5 Å². The maximum absolute atomic E-state index is 12.1. The predicted molar refractivity (Wildman–Crippen MR) is 97.3 cm³/mol. The summed E-state index contributed by atoms with van der Waals surface area (Å²) in [4.78, 5) is 26.0. The van der Waals surface area contributed by atoms with Gasteiger partial charge in [0.05, 0.1) is 30.5 Å². The third-order valence-electron chi connectivity index (χ3n) is 3.34. The maximum atomic E-state index is 12.1. The number of carbonyl (C=O) groups excluding carboxylic acids is 2. The summed E-state index contributed by atoms with van der Waals surface area (Å²) >= 11 is 7.55. The zero-order valence-electron chi connectivity index (χ0n) is 14.3. The average Bonchev–Trinajstić information content (AvgIpc) is 2.91. The quantitative estimate of drug-likeness (QED) is 0.767. The van der Waals surface area contributed by atoms with E-state index < -0.39 is 18.5 Å². The monoisotopic (exact) mass is 383 g/mol. The van der Waals surface area contributed by atoms with Crippen molar-refractivity contribution in [2.45, 2.75) is 13.8 Å². The Balaban J connectivity index is 2.02. The lowest BCUT2D eigenvalue weighted by molar-refractivity contribution is -0.119. The van der Waals surface area contributed by atoms with E-state index in [2.05, 4.69) is 5.32 Å². The van der Waals surface area contributed by atoms with Gasteiger partial charge in [0.15, 0.2) is 6.61 Å². The Morgan fingerprint density at radius 1 is 1.12 bits per heavy atom. The van der Waals surface area contributed by atoms with Gasteiger partial charge in [0.25, 0.3) is 5.91 Å². The van der Waals surface area contributed by atoms with E-state index in [9.17, 15) is 9.59 Å². The fourth-order valence-corrected chi connectivity index (χ4v) is 3.34. The molecule has 1 aromatic heterocycles. The number of thiophene rings is 1. The molecule has 0 radical (unpaired) electrons. The van der Waals surface area contributed by atoms with Gasteiger partial charge in [-0.25, -0.2) is 4.79 Å². The van der Waals surface area contributed by atoms with Crippen molar-refractivity contribution in [1.82, 2.24) is 0 Å². The lowest BCUT2D eigenvalue weighted by atomic mass is 10.2. The zero-order valence-corrected chi connectivity index (χ0v) is 15.8. The van der Waals surface area contributed by atoms with E-state index in [1.54, 1.807) is 12.1 Å². The molecule has 0 unspecified atom stereocenters. The van der Waals surface area contributed by atoms with Gasteiger partial charge in [0, 0.05) is 15.8 Å². The lowest BCUT2D eigenvalue weighted by Crippen LogP contribution is -2.21. The van der Waals surface area contributed by atoms with Crippen molar-refractivity contribution in [2.75, 3.05) is 26.1 Å². The van der Waals surface area contributed by atoms with Crippen molar-refractivity contribution >= 4 is 40.5 Å². The average molecular weight is 384 g/mol. The maximum Gasteiger partial charge on any atom is 0.339 e. The molecule has 134 valence electrons. The van der Waals surface area contributed by atoms with Gasteiger partial charge in [0.2, 0.25) is 0 Å². The molecular weight excluding hydrogens is 366 g/mol.